The van der Waals surface area contributed by atoms with Crippen molar-refractivity contribution in [2.75, 3.05) is 5.75 Å². The molecule has 0 fully saturated rings. The zero-order chi connectivity index (χ0) is 13.4. The third-order valence-electron chi connectivity index (χ3n) is 3.39. The van der Waals surface area contributed by atoms with E-state index >= 15 is 0 Å². The van der Waals surface area contributed by atoms with Crippen LogP contribution >= 0.6 is 11.8 Å². The molecule has 1 N–H and O–H groups in total. The molecule has 18 heavy (non-hydrogen) atoms. The Hall–Kier alpha value is -0.700. The second kappa shape index (κ2) is 7.67. The lowest BCUT2D eigenvalue weighted by Gasteiger charge is -2.32. The Labute approximate surface area is 115 Å². The van der Waals surface area contributed by atoms with E-state index in [0.717, 1.165) is 5.75 Å². The molecular weight excluding hydrogens is 244 g/mol. The second-order valence-electron chi connectivity index (χ2n) is 5.01. The smallest absolute Gasteiger partial charge is 0.312 e. The summed E-state index contributed by atoms with van der Waals surface area (Å²) < 4.78 is -0.286. The van der Waals surface area contributed by atoms with Crippen molar-refractivity contribution in [2.24, 2.45) is 5.92 Å². The van der Waals surface area contributed by atoms with Crippen molar-refractivity contribution in [1.82, 2.24) is 0 Å². The highest BCUT2D eigenvalue weighted by atomic mass is 32.2. The van der Waals surface area contributed by atoms with E-state index in [1.165, 1.54) is 32.1 Å². The number of thioether (sulfide) groups is 1. The number of hydrogen-bond acceptors (Lipinski definition) is 2. The van der Waals surface area contributed by atoms with E-state index in [2.05, 4.69) is 6.92 Å². The van der Waals surface area contributed by atoms with Crippen LogP contribution in [0.1, 0.15) is 46.0 Å². The Kier molecular flexibility index (Phi) is 6.55. The maximum atomic E-state index is 11.2. The summed E-state index contributed by atoms with van der Waals surface area (Å²) >= 11 is 1.78. The number of carbonyl (C=O) groups is 1. The molecule has 3 heteroatoms. The van der Waals surface area contributed by atoms with Crippen molar-refractivity contribution in [3.8, 4) is 0 Å². The summed E-state index contributed by atoms with van der Waals surface area (Å²) in [5.74, 6) is -0.0814. The van der Waals surface area contributed by atoms with Crippen molar-refractivity contribution in [3.05, 3.63) is 24.3 Å². The fourth-order valence-corrected chi connectivity index (χ4v) is 3.50. The number of aliphatic carboxylic acids is 1. The quantitative estimate of drug-likeness (QED) is 0.668. The van der Waals surface area contributed by atoms with Crippen LogP contribution in [0.25, 0.3) is 0 Å². The Morgan fingerprint density at radius 3 is 2.67 bits per heavy atom. The van der Waals surface area contributed by atoms with E-state index in [1.807, 2.05) is 25.2 Å². The summed E-state index contributed by atoms with van der Waals surface area (Å²) in [5, 5.41) is 9.25. The first-order chi connectivity index (χ1) is 8.60. The number of allylic oxidation sites excluding steroid dienone is 2. The van der Waals surface area contributed by atoms with Gasteiger partial charge in [0.15, 0.2) is 0 Å². The maximum absolute atomic E-state index is 11.2. The van der Waals surface area contributed by atoms with Gasteiger partial charge in [-0.1, -0.05) is 56.9 Å². The zero-order valence-electron chi connectivity index (χ0n) is 11.4. The van der Waals surface area contributed by atoms with E-state index in [9.17, 15) is 9.90 Å². The lowest BCUT2D eigenvalue weighted by Crippen LogP contribution is -2.35. The Bertz CT molecular complexity index is 322. The van der Waals surface area contributed by atoms with Gasteiger partial charge in [-0.3, -0.25) is 4.79 Å². The van der Waals surface area contributed by atoms with Crippen LogP contribution in [-0.2, 0) is 4.79 Å². The van der Waals surface area contributed by atoms with Crippen molar-refractivity contribution in [2.45, 2.75) is 50.7 Å². The van der Waals surface area contributed by atoms with Crippen LogP contribution in [0.4, 0.5) is 0 Å². The van der Waals surface area contributed by atoms with Crippen molar-refractivity contribution in [1.29, 1.82) is 0 Å². The van der Waals surface area contributed by atoms with Crippen LogP contribution in [0, 0.1) is 5.92 Å². The first kappa shape index (κ1) is 15.4. The van der Waals surface area contributed by atoms with Gasteiger partial charge in [0.1, 0.15) is 0 Å². The predicted molar refractivity (Wildman–Crippen MR) is 79.0 cm³/mol. The molecule has 2 unspecified atom stereocenters. The highest BCUT2D eigenvalue weighted by Gasteiger charge is 2.36. The summed E-state index contributed by atoms with van der Waals surface area (Å²) in [6.45, 7) is 4.24. The largest absolute Gasteiger partial charge is 0.481 e. The Balaban J connectivity index is 2.36. The number of carboxylic acids is 1. The summed E-state index contributed by atoms with van der Waals surface area (Å²) in [5.41, 5.74) is 0. The summed E-state index contributed by atoms with van der Waals surface area (Å²) in [7, 11) is 0. The number of hydrogen-bond donors (Lipinski definition) is 1. The molecule has 0 saturated carbocycles. The highest BCUT2D eigenvalue weighted by molar-refractivity contribution is 8.00. The van der Waals surface area contributed by atoms with Crippen LogP contribution < -0.4 is 0 Å². The van der Waals surface area contributed by atoms with E-state index in [-0.39, 0.29) is 4.75 Å². The molecule has 0 aromatic heterocycles. The van der Waals surface area contributed by atoms with Crippen LogP contribution in [0.15, 0.2) is 24.3 Å². The molecule has 0 heterocycles. The van der Waals surface area contributed by atoms with Gasteiger partial charge < -0.3 is 5.11 Å². The molecule has 0 radical (unpaired) electrons. The monoisotopic (exact) mass is 268 g/mol. The fraction of sp³-hybridized carbons (Fsp3) is 0.667. The second-order valence-corrected chi connectivity index (χ2v) is 6.58. The minimum absolute atomic E-state index is 0.286. The highest BCUT2D eigenvalue weighted by Crippen LogP contribution is 2.38. The van der Waals surface area contributed by atoms with Crippen molar-refractivity contribution < 1.29 is 9.90 Å². The predicted octanol–water partition coefficient (Wildman–Crippen LogP) is 4.28. The first-order valence-corrected chi connectivity index (χ1v) is 7.81. The molecule has 1 aliphatic carbocycles. The van der Waals surface area contributed by atoms with Gasteiger partial charge in [-0.15, -0.1) is 0 Å². The molecule has 0 saturated heterocycles. The molecule has 0 amide bonds. The molecular formula is C15H24O2S. The van der Waals surface area contributed by atoms with Gasteiger partial charge in [0.2, 0.25) is 0 Å². The zero-order valence-corrected chi connectivity index (χ0v) is 12.2. The Morgan fingerprint density at radius 2 is 2.00 bits per heavy atom. The van der Waals surface area contributed by atoms with Gasteiger partial charge in [-0.25, -0.2) is 0 Å². The summed E-state index contributed by atoms with van der Waals surface area (Å²) in [4.78, 5) is 11.2. The van der Waals surface area contributed by atoms with E-state index in [0.29, 0.717) is 0 Å². The average molecular weight is 268 g/mol. The number of carboxylic acid groups (broad SMARTS) is 1. The molecule has 0 spiro atoms. The van der Waals surface area contributed by atoms with Gasteiger partial charge in [0.25, 0.3) is 0 Å². The molecule has 2 atom stereocenters. The van der Waals surface area contributed by atoms with E-state index in [1.54, 1.807) is 17.8 Å². The molecule has 2 nitrogen and oxygen atoms in total. The SMILES string of the molecule is CCCCCCCSC1(C)C=CC=CC1C(=O)O. The van der Waals surface area contributed by atoms with Gasteiger partial charge in [-0.2, -0.15) is 11.8 Å². The third-order valence-corrected chi connectivity index (χ3v) is 4.89. The standard InChI is InChI=1S/C15H24O2S/c1-3-4-5-6-9-12-18-15(2)11-8-7-10-13(15)14(16)17/h7-8,10-11,13H,3-6,9,12H2,1-2H3,(H,16,17). The first-order valence-electron chi connectivity index (χ1n) is 6.83. The van der Waals surface area contributed by atoms with Crippen molar-refractivity contribution >= 4 is 17.7 Å². The molecule has 0 bridgehead atoms. The van der Waals surface area contributed by atoms with Crippen LogP contribution in [0.5, 0.6) is 0 Å². The van der Waals surface area contributed by atoms with E-state index < -0.39 is 11.9 Å². The van der Waals surface area contributed by atoms with Gasteiger partial charge in [0, 0.05) is 4.75 Å². The van der Waals surface area contributed by atoms with Gasteiger partial charge in [-0.05, 0) is 19.1 Å². The fourth-order valence-electron chi connectivity index (χ4n) is 2.18. The lowest BCUT2D eigenvalue weighted by molar-refractivity contribution is -0.140. The molecule has 0 aromatic rings. The third kappa shape index (κ3) is 4.52. The maximum Gasteiger partial charge on any atom is 0.312 e. The van der Waals surface area contributed by atoms with Gasteiger partial charge >= 0.3 is 5.97 Å². The molecule has 0 aliphatic heterocycles. The number of rotatable bonds is 8. The molecule has 102 valence electrons. The summed E-state index contributed by atoms with van der Waals surface area (Å²) in [6, 6.07) is 0. The molecule has 0 aromatic carbocycles. The summed E-state index contributed by atoms with van der Waals surface area (Å²) in [6.07, 6.45) is 13.9. The lowest BCUT2D eigenvalue weighted by atomic mass is 9.89. The van der Waals surface area contributed by atoms with Crippen LogP contribution in [-0.4, -0.2) is 21.6 Å². The van der Waals surface area contributed by atoms with Crippen molar-refractivity contribution in [3.63, 3.8) is 0 Å². The van der Waals surface area contributed by atoms with Crippen LogP contribution in [0.3, 0.4) is 0 Å². The van der Waals surface area contributed by atoms with Gasteiger partial charge in [0.05, 0.1) is 5.92 Å². The molecule has 1 rings (SSSR count). The Morgan fingerprint density at radius 1 is 1.28 bits per heavy atom. The topological polar surface area (TPSA) is 37.3 Å². The number of unbranched alkanes of at least 4 members (excludes halogenated alkanes) is 4. The minimum Gasteiger partial charge on any atom is -0.481 e. The normalized spacial score (nSPS) is 26.4. The average Bonchev–Trinajstić information content (AvgIpc) is 2.33. The molecule has 1 aliphatic rings. The minimum atomic E-state index is -0.725. The van der Waals surface area contributed by atoms with E-state index in [4.69, 9.17) is 0 Å². The van der Waals surface area contributed by atoms with Crippen LogP contribution in [0.2, 0.25) is 0 Å².